The van der Waals surface area contributed by atoms with E-state index in [4.69, 9.17) is 11.6 Å². The lowest BCUT2D eigenvalue weighted by atomic mass is 10.2. The highest BCUT2D eigenvalue weighted by Crippen LogP contribution is 2.25. The van der Waals surface area contributed by atoms with Gasteiger partial charge in [-0.2, -0.15) is 0 Å². The fourth-order valence-electron chi connectivity index (χ4n) is 2.25. The average molecular weight is 423 g/mol. The van der Waals surface area contributed by atoms with E-state index in [1.165, 1.54) is 0 Å². The Balaban J connectivity index is 1.56. The van der Waals surface area contributed by atoms with Crippen LogP contribution in [0.1, 0.15) is 23.2 Å². The van der Waals surface area contributed by atoms with Crippen LogP contribution in [0.4, 0.5) is 11.4 Å². The van der Waals surface area contributed by atoms with Crippen molar-refractivity contribution < 1.29 is 9.59 Å². The fourth-order valence-corrected chi connectivity index (χ4v) is 2.99. The molecule has 1 aliphatic carbocycles. The number of halogens is 2. The predicted octanol–water partition coefficient (Wildman–Crippen LogP) is 4.05. The van der Waals surface area contributed by atoms with Crippen LogP contribution in [-0.2, 0) is 4.79 Å². The van der Waals surface area contributed by atoms with Crippen LogP contribution in [0.3, 0.4) is 0 Å². The van der Waals surface area contributed by atoms with Gasteiger partial charge in [0.05, 0.1) is 17.3 Å². The third kappa shape index (κ3) is 5.21. The summed E-state index contributed by atoms with van der Waals surface area (Å²) in [5, 5.41) is 9.22. The summed E-state index contributed by atoms with van der Waals surface area (Å²) >= 11 is 9.44. The molecule has 0 radical (unpaired) electrons. The standard InChI is InChI=1S/C18H17BrClN3O2/c19-12-4-7-16(15(20)9-12)21-10-17(24)22-14-3-1-2-11(8-14)18(25)23-13-5-6-13/h1-4,7-9,13,21H,5-6,10H2,(H,22,24)(H,23,25). The number of nitrogens with one attached hydrogen (secondary N) is 3. The zero-order valence-electron chi connectivity index (χ0n) is 13.3. The SMILES string of the molecule is O=C(CNc1ccc(Br)cc1Cl)Nc1cccc(C(=O)NC2CC2)c1. The Kier molecular flexibility index (Phi) is 5.60. The lowest BCUT2D eigenvalue weighted by Gasteiger charge is -2.10. The second kappa shape index (κ2) is 7.89. The smallest absolute Gasteiger partial charge is 0.251 e. The number of carbonyl (C=O) groups is 2. The van der Waals surface area contributed by atoms with Crippen molar-refractivity contribution in [2.45, 2.75) is 18.9 Å². The Morgan fingerprint density at radius 3 is 2.68 bits per heavy atom. The molecule has 5 nitrogen and oxygen atoms in total. The molecular formula is C18H17BrClN3O2. The van der Waals surface area contributed by atoms with Gasteiger partial charge in [-0.05, 0) is 49.2 Å². The lowest BCUT2D eigenvalue weighted by molar-refractivity contribution is -0.114. The van der Waals surface area contributed by atoms with Gasteiger partial charge in [0.25, 0.3) is 5.91 Å². The van der Waals surface area contributed by atoms with Crippen LogP contribution in [0, 0.1) is 0 Å². The Bertz CT molecular complexity index is 809. The van der Waals surface area contributed by atoms with Gasteiger partial charge in [0.2, 0.25) is 5.91 Å². The second-order valence-electron chi connectivity index (χ2n) is 5.85. The molecule has 3 N–H and O–H groups in total. The van der Waals surface area contributed by atoms with Gasteiger partial charge in [0.1, 0.15) is 0 Å². The highest BCUT2D eigenvalue weighted by atomic mass is 79.9. The second-order valence-corrected chi connectivity index (χ2v) is 7.18. The van der Waals surface area contributed by atoms with Crippen LogP contribution >= 0.6 is 27.5 Å². The molecular weight excluding hydrogens is 406 g/mol. The Morgan fingerprint density at radius 1 is 1.16 bits per heavy atom. The van der Waals surface area contributed by atoms with E-state index in [2.05, 4.69) is 31.9 Å². The maximum absolute atomic E-state index is 12.1. The van der Waals surface area contributed by atoms with Crippen LogP contribution in [0.25, 0.3) is 0 Å². The molecule has 1 aliphatic rings. The molecule has 7 heteroatoms. The van der Waals surface area contributed by atoms with Crippen molar-refractivity contribution in [2.75, 3.05) is 17.2 Å². The molecule has 2 amide bonds. The van der Waals surface area contributed by atoms with Crippen molar-refractivity contribution in [3.8, 4) is 0 Å². The van der Waals surface area contributed by atoms with Gasteiger partial charge >= 0.3 is 0 Å². The van der Waals surface area contributed by atoms with Gasteiger partial charge in [0, 0.05) is 21.8 Å². The third-order valence-electron chi connectivity index (χ3n) is 3.69. The van der Waals surface area contributed by atoms with E-state index in [-0.39, 0.29) is 18.4 Å². The van der Waals surface area contributed by atoms with E-state index in [9.17, 15) is 9.59 Å². The topological polar surface area (TPSA) is 70.2 Å². The van der Waals surface area contributed by atoms with Crippen molar-refractivity contribution in [1.29, 1.82) is 0 Å². The lowest BCUT2D eigenvalue weighted by Crippen LogP contribution is -2.26. The van der Waals surface area contributed by atoms with Gasteiger partial charge in [-0.3, -0.25) is 9.59 Å². The maximum Gasteiger partial charge on any atom is 0.251 e. The van der Waals surface area contributed by atoms with E-state index in [0.717, 1.165) is 17.3 Å². The normalized spacial score (nSPS) is 13.2. The van der Waals surface area contributed by atoms with Crippen molar-refractivity contribution in [2.24, 2.45) is 0 Å². The molecule has 0 atom stereocenters. The zero-order chi connectivity index (χ0) is 17.8. The average Bonchev–Trinajstić information content (AvgIpc) is 3.38. The monoisotopic (exact) mass is 421 g/mol. The summed E-state index contributed by atoms with van der Waals surface area (Å²) in [5.74, 6) is -0.336. The van der Waals surface area contributed by atoms with Crippen molar-refractivity contribution in [3.05, 3.63) is 57.5 Å². The first-order valence-corrected chi connectivity index (χ1v) is 9.08. The summed E-state index contributed by atoms with van der Waals surface area (Å²) < 4.78 is 0.869. The molecule has 0 bridgehead atoms. The highest BCUT2D eigenvalue weighted by molar-refractivity contribution is 9.10. The molecule has 0 unspecified atom stereocenters. The predicted molar refractivity (Wildman–Crippen MR) is 103 cm³/mol. The van der Waals surface area contributed by atoms with Gasteiger partial charge in [0.15, 0.2) is 0 Å². The molecule has 0 aromatic heterocycles. The molecule has 0 saturated heterocycles. The number of benzene rings is 2. The Hall–Kier alpha value is -2.05. The number of rotatable bonds is 6. The van der Waals surface area contributed by atoms with E-state index < -0.39 is 0 Å². The Labute approximate surface area is 159 Å². The van der Waals surface area contributed by atoms with Gasteiger partial charge in [-0.25, -0.2) is 0 Å². The first kappa shape index (κ1) is 17.8. The molecule has 0 spiro atoms. The maximum atomic E-state index is 12.1. The van der Waals surface area contributed by atoms with E-state index in [0.29, 0.717) is 28.0 Å². The van der Waals surface area contributed by atoms with Crippen molar-refractivity contribution in [1.82, 2.24) is 5.32 Å². The van der Waals surface area contributed by atoms with Crippen LogP contribution in [0.15, 0.2) is 46.9 Å². The fraction of sp³-hybridized carbons (Fsp3) is 0.222. The number of amides is 2. The number of hydrogen-bond acceptors (Lipinski definition) is 3. The summed E-state index contributed by atoms with van der Waals surface area (Å²) in [6.07, 6.45) is 2.07. The van der Waals surface area contributed by atoms with Crippen LogP contribution in [0.2, 0.25) is 5.02 Å². The minimum atomic E-state index is -0.223. The minimum Gasteiger partial charge on any atom is -0.375 e. The molecule has 0 aliphatic heterocycles. The van der Waals surface area contributed by atoms with Crippen molar-refractivity contribution in [3.63, 3.8) is 0 Å². The summed E-state index contributed by atoms with van der Waals surface area (Å²) in [6, 6.07) is 12.6. The minimum absolute atomic E-state index is 0.0693. The summed E-state index contributed by atoms with van der Waals surface area (Å²) in [4.78, 5) is 24.2. The molecule has 25 heavy (non-hydrogen) atoms. The van der Waals surface area contributed by atoms with Crippen molar-refractivity contribution >= 4 is 50.7 Å². The molecule has 3 rings (SSSR count). The van der Waals surface area contributed by atoms with E-state index in [1.54, 1.807) is 36.4 Å². The van der Waals surface area contributed by atoms with Gasteiger partial charge in [-0.1, -0.05) is 33.6 Å². The number of hydrogen-bond donors (Lipinski definition) is 3. The van der Waals surface area contributed by atoms with Gasteiger partial charge in [-0.15, -0.1) is 0 Å². The van der Waals surface area contributed by atoms with Crippen LogP contribution in [-0.4, -0.2) is 24.4 Å². The number of anilines is 2. The highest BCUT2D eigenvalue weighted by Gasteiger charge is 2.23. The first-order chi connectivity index (χ1) is 12.0. The third-order valence-corrected chi connectivity index (χ3v) is 4.50. The van der Waals surface area contributed by atoms with Gasteiger partial charge < -0.3 is 16.0 Å². The molecule has 1 fully saturated rings. The molecule has 130 valence electrons. The summed E-state index contributed by atoms with van der Waals surface area (Å²) in [6.45, 7) is 0.0693. The molecule has 2 aromatic carbocycles. The Morgan fingerprint density at radius 2 is 1.96 bits per heavy atom. The first-order valence-electron chi connectivity index (χ1n) is 7.91. The van der Waals surface area contributed by atoms with Crippen LogP contribution < -0.4 is 16.0 Å². The zero-order valence-corrected chi connectivity index (χ0v) is 15.7. The van der Waals surface area contributed by atoms with E-state index in [1.807, 2.05) is 6.07 Å². The molecule has 2 aromatic rings. The summed E-state index contributed by atoms with van der Waals surface area (Å²) in [5.41, 5.74) is 1.79. The molecule has 1 saturated carbocycles. The molecule has 0 heterocycles. The number of carbonyl (C=O) groups excluding carboxylic acids is 2. The largest absolute Gasteiger partial charge is 0.375 e. The summed E-state index contributed by atoms with van der Waals surface area (Å²) in [7, 11) is 0. The quantitative estimate of drug-likeness (QED) is 0.658. The van der Waals surface area contributed by atoms with E-state index >= 15 is 0 Å². The van der Waals surface area contributed by atoms with Crippen LogP contribution in [0.5, 0.6) is 0 Å².